The zero-order chi connectivity index (χ0) is 15.3. The highest BCUT2D eigenvalue weighted by atomic mass is 32.1. The van der Waals surface area contributed by atoms with E-state index < -0.39 is 0 Å². The van der Waals surface area contributed by atoms with Crippen molar-refractivity contribution in [2.24, 2.45) is 0 Å². The molecule has 108 valence electrons. The Morgan fingerprint density at radius 1 is 1.18 bits per heavy atom. The van der Waals surface area contributed by atoms with Gasteiger partial charge in [0.25, 0.3) is 11.1 Å². The van der Waals surface area contributed by atoms with Crippen molar-refractivity contribution in [3.05, 3.63) is 68.3 Å². The van der Waals surface area contributed by atoms with Gasteiger partial charge in [-0.15, -0.1) is 11.3 Å². The molecule has 0 saturated heterocycles. The van der Waals surface area contributed by atoms with Gasteiger partial charge in [-0.25, -0.2) is 4.98 Å². The SMILES string of the molecule is Cc1c(-n2cnc3ccsc3c2=O)c(=O)[nH]c2ccccc12. The molecule has 1 N–H and O–H groups in total. The van der Waals surface area contributed by atoms with Crippen LogP contribution in [0.2, 0.25) is 0 Å². The number of aromatic nitrogens is 3. The third-order valence-corrected chi connectivity index (χ3v) is 4.65. The minimum absolute atomic E-state index is 0.219. The zero-order valence-corrected chi connectivity index (χ0v) is 12.5. The van der Waals surface area contributed by atoms with Crippen molar-refractivity contribution in [2.45, 2.75) is 6.92 Å². The highest BCUT2D eigenvalue weighted by Gasteiger charge is 2.14. The fraction of sp³-hybridized carbons (Fsp3) is 0.0625. The first-order valence-corrected chi connectivity index (χ1v) is 7.61. The molecule has 0 aliphatic carbocycles. The van der Waals surface area contributed by atoms with Crippen molar-refractivity contribution in [3.8, 4) is 5.69 Å². The standard InChI is InChI=1S/C16H11N3O2S/c1-9-10-4-2-3-5-11(10)18-15(20)13(9)19-8-17-12-6-7-22-14(12)16(19)21/h2-8H,1H3,(H,18,20). The predicted molar refractivity (Wildman–Crippen MR) is 88.1 cm³/mol. The Morgan fingerprint density at radius 2 is 2.00 bits per heavy atom. The number of H-pyrrole nitrogens is 1. The normalized spacial score (nSPS) is 11.3. The van der Waals surface area contributed by atoms with Crippen LogP contribution in [0.1, 0.15) is 5.56 Å². The smallest absolute Gasteiger partial charge is 0.276 e. The fourth-order valence-corrected chi connectivity index (χ4v) is 3.47. The third kappa shape index (κ3) is 1.74. The monoisotopic (exact) mass is 309 g/mol. The number of thiophene rings is 1. The molecular formula is C16H11N3O2S. The lowest BCUT2D eigenvalue weighted by atomic mass is 10.1. The molecule has 22 heavy (non-hydrogen) atoms. The molecule has 5 nitrogen and oxygen atoms in total. The first-order valence-electron chi connectivity index (χ1n) is 6.73. The predicted octanol–water partition coefficient (Wildman–Crippen LogP) is 2.60. The van der Waals surface area contributed by atoms with Gasteiger partial charge in [-0.1, -0.05) is 18.2 Å². The molecule has 6 heteroatoms. The molecule has 0 spiro atoms. The molecule has 0 fully saturated rings. The molecule has 0 unspecified atom stereocenters. The van der Waals surface area contributed by atoms with E-state index in [0.29, 0.717) is 15.9 Å². The fourth-order valence-electron chi connectivity index (χ4n) is 2.69. The Balaban J connectivity index is 2.14. The quantitative estimate of drug-likeness (QED) is 0.587. The molecule has 0 radical (unpaired) electrons. The van der Waals surface area contributed by atoms with Crippen LogP contribution in [-0.4, -0.2) is 14.5 Å². The lowest BCUT2D eigenvalue weighted by Crippen LogP contribution is -2.26. The Hall–Kier alpha value is -2.73. The van der Waals surface area contributed by atoms with Crippen LogP contribution in [0.5, 0.6) is 0 Å². The summed E-state index contributed by atoms with van der Waals surface area (Å²) in [6.45, 7) is 1.85. The van der Waals surface area contributed by atoms with Crippen LogP contribution < -0.4 is 11.1 Å². The topological polar surface area (TPSA) is 67.8 Å². The second kappa shape index (κ2) is 4.64. The van der Waals surface area contributed by atoms with Gasteiger partial charge in [0, 0.05) is 10.9 Å². The van der Waals surface area contributed by atoms with Crippen LogP contribution in [0.3, 0.4) is 0 Å². The number of hydrogen-bond donors (Lipinski definition) is 1. The Kier molecular flexibility index (Phi) is 2.74. The van der Waals surface area contributed by atoms with Crippen LogP contribution in [0, 0.1) is 6.92 Å². The first kappa shape index (κ1) is 13.0. The summed E-state index contributed by atoms with van der Waals surface area (Å²) >= 11 is 1.33. The second-order valence-electron chi connectivity index (χ2n) is 5.03. The van der Waals surface area contributed by atoms with Crippen molar-refractivity contribution in [1.82, 2.24) is 14.5 Å². The molecule has 4 aromatic rings. The summed E-state index contributed by atoms with van der Waals surface area (Å²) in [5, 5.41) is 2.73. The van der Waals surface area contributed by atoms with E-state index in [2.05, 4.69) is 9.97 Å². The van der Waals surface area contributed by atoms with Crippen molar-refractivity contribution in [3.63, 3.8) is 0 Å². The van der Waals surface area contributed by atoms with E-state index in [9.17, 15) is 9.59 Å². The van der Waals surface area contributed by atoms with Gasteiger partial charge in [0.05, 0.1) is 5.52 Å². The highest BCUT2D eigenvalue weighted by molar-refractivity contribution is 7.17. The van der Waals surface area contributed by atoms with Crippen LogP contribution in [-0.2, 0) is 0 Å². The number of para-hydroxylation sites is 1. The van der Waals surface area contributed by atoms with E-state index in [1.807, 2.05) is 36.6 Å². The molecule has 0 bridgehead atoms. The molecule has 4 rings (SSSR count). The maximum atomic E-state index is 12.6. The van der Waals surface area contributed by atoms with Gasteiger partial charge in [-0.2, -0.15) is 0 Å². The summed E-state index contributed by atoms with van der Waals surface area (Å²) < 4.78 is 1.88. The number of aromatic amines is 1. The van der Waals surface area contributed by atoms with E-state index in [4.69, 9.17) is 0 Å². The molecule has 3 aromatic heterocycles. The van der Waals surface area contributed by atoms with Crippen LogP contribution in [0.25, 0.3) is 26.8 Å². The molecule has 0 saturated carbocycles. The Bertz CT molecular complexity index is 1140. The van der Waals surface area contributed by atoms with Gasteiger partial charge in [0.1, 0.15) is 16.7 Å². The van der Waals surface area contributed by atoms with Crippen molar-refractivity contribution < 1.29 is 0 Å². The Labute approximate surface area is 128 Å². The average Bonchev–Trinajstić information content (AvgIpc) is 2.99. The Morgan fingerprint density at radius 3 is 2.86 bits per heavy atom. The van der Waals surface area contributed by atoms with Gasteiger partial charge in [0.15, 0.2) is 0 Å². The number of hydrogen-bond acceptors (Lipinski definition) is 4. The van der Waals surface area contributed by atoms with E-state index in [-0.39, 0.29) is 11.1 Å². The van der Waals surface area contributed by atoms with E-state index in [0.717, 1.165) is 16.5 Å². The number of benzene rings is 1. The maximum absolute atomic E-state index is 12.6. The maximum Gasteiger partial charge on any atom is 0.276 e. The lowest BCUT2D eigenvalue weighted by molar-refractivity contribution is 0.937. The van der Waals surface area contributed by atoms with Gasteiger partial charge < -0.3 is 4.98 Å². The van der Waals surface area contributed by atoms with Crippen molar-refractivity contribution in [2.75, 3.05) is 0 Å². The average molecular weight is 309 g/mol. The van der Waals surface area contributed by atoms with Crippen LogP contribution in [0.15, 0.2) is 51.6 Å². The lowest BCUT2D eigenvalue weighted by Gasteiger charge is -2.10. The summed E-state index contributed by atoms with van der Waals surface area (Å²) in [6, 6.07) is 9.33. The number of nitrogens with zero attached hydrogens (tertiary/aromatic N) is 2. The molecule has 0 aliphatic heterocycles. The molecular weight excluding hydrogens is 298 g/mol. The summed E-state index contributed by atoms with van der Waals surface area (Å²) in [5.74, 6) is 0. The van der Waals surface area contributed by atoms with E-state index in [1.54, 1.807) is 6.07 Å². The summed E-state index contributed by atoms with van der Waals surface area (Å²) in [4.78, 5) is 32.1. The summed E-state index contributed by atoms with van der Waals surface area (Å²) in [6.07, 6.45) is 1.42. The second-order valence-corrected chi connectivity index (χ2v) is 5.94. The molecule has 3 heterocycles. The minimum Gasteiger partial charge on any atom is -0.320 e. The van der Waals surface area contributed by atoms with Gasteiger partial charge >= 0.3 is 0 Å². The minimum atomic E-state index is -0.295. The summed E-state index contributed by atoms with van der Waals surface area (Å²) in [7, 11) is 0. The van der Waals surface area contributed by atoms with Crippen LogP contribution in [0.4, 0.5) is 0 Å². The molecule has 0 atom stereocenters. The van der Waals surface area contributed by atoms with Gasteiger partial charge in [-0.3, -0.25) is 14.2 Å². The molecule has 0 amide bonds. The van der Waals surface area contributed by atoms with E-state index >= 15 is 0 Å². The number of aryl methyl sites for hydroxylation is 1. The number of fused-ring (bicyclic) bond motifs is 2. The molecule has 0 aliphatic rings. The van der Waals surface area contributed by atoms with Crippen molar-refractivity contribution >= 4 is 32.5 Å². The number of pyridine rings is 1. The largest absolute Gasteiger partial charge is 0.320 e. The van der Waals surface area contributed by atoms with Crippen LogP contribution >= 0.6 is 11.3 Å². The van der Waals surface area contributed by atoms with E-state index in [1.165, 1.54) is 22.2 Å². The van der Waals surface area contributed by atoms with Gasteiger partial charge in [-0.05, 0) is 30.0 Å². The number of nitrogens with one attached hydrogen (secondary N) is 1. The first-order chi connectivity index (χ1) is 10.7. The van der Waals surface area contributed by atoms with Gasteiger partial charge in [0.2, 0.25) is 0 Å². The number of rotatable bonds is 1. The third-order valence-electron chi connectivity index (χ3n) is 3.76. The summed E-state index contributed by atoms with van der Waals surface area (Å²) in [5.41, 5.74) is 1.98. The highest BCUT2D eigenvalue weighted by Crippen LogP contribution is 2.20. The zero-order valence-electron chi connectivity index (χ0n) is 11.7. The van der Waals surface area contributed by atoms with Crippen molar-refractivity contribution in [1.29, 1.82) is 0 Å². The molecule has 1 aromatic carbocycles.